The number of rotatable bonds is 0. The van der Waals surface area contributed by atoms with Gasteiger partial charge in [0, 0.05) is 0 Å². The maximum Gasteiger partial charge on any atom is 3.00 e. The Bertz CT molecular complexity index is 62.6. The fourth-order valence-corrected chi connectivity index (χ4v) is 0. The summed E-state index contributed by atoms with van der Waals surface area (Å²) in [5, 5.41) is 14.5. The van der Waals surface area contributed by atoms with Crippen LogP contribution in [-0.4, -0.2) is 0 Å². The molecule has 0 aromatic carbocycles. The molecule has 0 aliphatic carbocycles. The number of nitriles is 2. The molecular weight excluding hydrogens is 244 g/mol. The molecule has 5 heavy (non-hydrogen) atoms. The largest absolute Gasteiger partial charge is 3.00 e. The van der Waals surface area contributed by atoms with Crippen LogP contribution < -0.4 is 0 Å². The molecular formula is C2IrN2+3. The maximum absolute atomic E-state index is 7.26. The molecule has 0 spiro atoms. The van der Waals surface area contributed by atoms with Crippen LogP contribution in [0.4, 0.5) is 0 Å². The van der Waals surface area contributed by atoms with Crippen molar-refractivity contribution in [1.82, 2.24) is 0 Å². The van der Waals surface area contributed by atoms with Crippen molar-refractivity contribution in [2.75, 3.05) is 0 Å². The van der Waals surface area contributed by atoms with E-state index in [1.54, 1.807) is 0 Å². The molecule has 0 N–H and O–H groups in total. The normalized spacial score (nSPS) is 2.00. The Morgan fingerprint density at radius 1 is 1.00 bits per heavy atom. The summed E-state index contributed by atoms with van der Waals surface area (Å²) >= 11 is 0. The van der Waals surface area contributed by atoms with Crippen molar-refractivity contribution in [3.63, 3.8) is 0 Å². The second-order valence-electron chi connectivity index (χ2n) is 0.224. The molecule has 0 bridgehead atoms. The Hall–Kier alpha value is -0.371. The zero-order chi connectivity index (χ0) is 3.41. The molecule has 0 heterocycles. The van der Waals surface area contributed by atoms with Gasteiger partial charge in [-0.25, -0.2) is 0 Å². The second-order valence-corrected chi connectivity index (χ2v) is 0.224. The first kappa shape index (κ1) is 8.82. The Morgan fingerprint density at radius 3 is 1.20 bits per heavy atom. The first-order valence-electron chi connectivity index (χ1n) is 0.697. The predicted molar refractivity (Wildman–Crippen MR) is 11.2 cm³/mol. The monoisotopic (exact) mass is 245 g/mol. The summed E-state index contributed by atoms with van der Waals surface area (Å²) in [4.78, 5) is 0. The van der Waals surface area contributed by atoms with Crippen molar-refractivity contribution in [3.8, 4) is 12.1 Å². The van der Waals surface area contributed by atoms with E-state index in [2.05, 4.69) is 0 Å². The molecule has 0 aromatic rings. The van der Waals surface area contributed by atoms with Gasteiger partial charge in [0.2, 0.25) is 0 Å². The van der Waals surface area contributed by atoms with Crippen molar-refractivity contribution in [3.05, 3.63) is 0 Å². The van der Waals surface area contributed by atoms with Crippen LogP contribution in [0.2, 0.25) is 0 Å². The fourth-order valence-electron chi connectivity index (χ4n) is 0. The van der Waals surface area contributed by atoms with Gasteiger partial charge < -0.3 is 0 Å². The van der Waals surface area contributed by atoms with Gasteiger partial charge in [0.1, 0.15) is 0 Å². The van der Waals surface area contributed by atoms with Crippen LogP contribution in [0.5, 0.6) is 0 Å². The summed E-state index contributed by atoms with van der Waals surface area (Å²) in [6.07, 6.45) is 0. The van der Waals surface area contributed by atoms with Crippen molar-refractivity contribution < 1.29 is 20.1 Å². The Balaban J connectivity index is 0. The Morgan fingerprint density at radius 2 is 1.20 bits per heavy atom. The van der Waals surface area contributed by atoms with Gasteiger partial charge in [0.25, 0.3) is 0 Å². The third-order valence-corrected chi connectivity index (χ3v) is 0.0500. The van der Waals surface area contributed by atoms with E-state index in [1.165, 1.54) is 12.1 Å². The summed E-state index contributed by atoms with van der Waals surface area (Å²) < 4.78 is 0. The van der Waals surface area contributed by atoms with Crippen LogP contribution in [0.25, 0.3) is 0 Å². The fraction of sp³-hybridized carbons (Fsp3) is 0. The Kier molecular flexibility index (Phi) is 16.7. The molecule has 0 saturated carbocycles. The quantitative estimate of drug-likeness (QED) is 0.603. The predicted octanol–water partition coefficient (Wildman–Crippen LogP) is 0.0311. The van der Waals surface area contributed by atoms with Crippen molar-refractivity contribution in [1.29, 1.82) is 10.5 Å². The zero-order valence-corrected chi connectivity index (χ0v) is 4.62. The molecule has 24 valence electrons. The van der Waals surface area contributed by atoms with Crippen LogP contribution in [0.15, 0.2) is 0 Å². The van der Waals surface area contributed by atoms with Gasteiger partial charge in [-0.3, -0.25) is 0 Å². The molecule has 0 rings (SSSR count). The molecule has 2 nitrogen and oxygen atoms in total. The second kappa shape index (κ2) is 9.45. The van der Waals surface area contributed by atoms with Gasteiger partial charge in [-0.15, -0.1) is 0 Å². The van der Waals surface area contributed by atoms with E-state index < -0.39 is 0 Å². The topological polar surface area (TPSA) is 47.6 Å². The summed E-state index contributed by atoms with van der Waals surface area (Å²) in [7, 11) is 0. The average molecular weight is 244 g/mol. The molecule has 0 aromatic heterocycles. The first-order valence-corrected chi connectivity index (χ1v) is 0.697. The smallest absolute Gasteiger partial charge is 0.181 e. The van der Waals surface area contributed by atoms with E-state index in [0.717, 1.165) is 0 Å². The molecule has 3 heteroatoms. The van der Waals surface area contributed by atoms with Crippen molar-refractivity contribution in [2.24, 2.45) is 0 Å². The van der Waals surface area contributed by atoms with E-state index in [0.29, 0.717) is 0 Å². The van der Waals surface area contributed by atoms with E-state index in [4.69, 9.17) is 10.5 Å². The van der Waals surface area contributed by atoms with Crippen molar-refractivity contribution >= 4 is 0 Å². The number of hydrogen-bond donors (Lipinski definition) is 0. The van der Waals surface area contributed by atoms with Crippen LogP contribution in [0.1, 0.15) is 0 Å². The number of hydrogen-bond acceptors (Lipinski definition) is 2. The third kappa shape index (κ3) is 24.3. The van der Waals surface area contributed by atoms with Crippen molar-refractivity contribution in [2.45, 2.75) is 0 Å². The minimum atomic E-state index is 0. The molecule has 0 saturated heterocycles. The summed E-state index contributed by atoms with van der Waals surface area (Å²) in [5.41, 5.74) is 0. The third-order valence-electron chi connectivity index (χ3n) is 0.0500. The van der Waals surface area contributed by atoms with Gasteiger partial charge in [0.15, 0.2) is 12.1 Å². The van der Waals surface area contributed by atoms with E-state index >= 15 is 0 Å². The molecule has 0 amide bonds. The van der Waals surface area contributed by atoms with Crippen LogP contribution in [0.3, 0.4) is 0 Å². The molecule has 0 unspecified atom stereocenters. The van der Waals surface area contributed by atoms with Crippen LogP contribution in [0, 0.1) is 22.7 Å². The Labute approximate surface area is 43.4 Å². The molecule has 0 atom stereocenters. The van der Waals surface area contributed by atoms with Gasteiger partial charge in [-0.2, -0.15) is 10.5 Å². The molecule has 0 aliphatic rings. The molecule has 0 fully saturated rings. The number of nitrogens with zero attached hydrogens (tertiary/aromatic N) is 2. The minimum absolute atomic E-state index is 0. The standard InChI is InChI=1S/C2N2.Ir/c3-1-2-4;/q;+3. The van der Waals surface area contributed by atoms with Gasteiger partial charge >= 0.3 is 20.1 Å². The van der Waals surface area contributed by atoms with E-state index in [9.17, 15) is 0 Å². The average Bonchev–Trinajstić information content (AvgIpc) is 1.37. The SMILES string of the molecule is N#CC#N.[Ir+3]. The van der Waals surface area contributed by atoms with Gasteiger partial charge in [-0.1, -0.05) is 0 Å². The van der Waals surface area contributed by atoms with Gasteiger partial charge in [-0.05, 0) is 0 Å². The summed E-state index contributed by atoms with van der Waals surface area (Å²) in [5.74, 6) is 0. The minimum Gasteiger partial charge on any atom is -0.181 e. The van der Waals surface area contributed by atoms with Crippen LogP contribution in [-0.2, 0) is 20.1 Å². The van der Waals surface area contributed by atoms with E-state index in [1.807, 2.05) is 0 Å². The first-order chi connectivity index (χ1) is 1.91. The summed E-state index contributed by atoms with van der Waals surface area (Å²) in [6.45, 7) is 0. The summed E-state index contributed by atoms with van der Waals surface area (Å²) in [6, 6.07) is 2.47. The zero-order valence-electron chi connectivity index (χ0n) is 2.23. The van der Waals surface area contributed by atoms with Crippen LogP contribution >= 0.6 is 0 Å². The molecule has 0 aliphatic heterocycles. The maximum atomic E-state index is 7.26. The van der Waals surface area contributed by atoms with Gasteiger partial charge in [0.05, 0.1) is 0 Å². The molecule has 0 radical (unpaired) electrons. The van der Waals surface area contributed by atoms with E-state index in [-0.39, 0.29) is 20.1 Å².